The Labute approximate surface area is 152 Å². The molecule has 0 aromatic heterocycles. The van der Waals surface area contributed by atoms with Crippen LogP contribution in [0.2, 0.25) is 0 Å². The minimum Gasteiger partial charge on any atom is -0.374 e. The van der Waals surface area contributed by atoms with E-state index < -0.39 is 12.5 Å². The first kappa shape index (κ1) is 19.3. The summed E-state index contributed by atoms with van der Waals surface area (Å²) in [5.74, 6) is 0.256. The van der Waals surface area contributed by atoms with Crippen molar-refractivity contribution in [2.75, 3.05) is 19.8 Å². The van der Waals surface area contributed by atoms with Crippen LogP contribution in [0.3, 0.4) is 0 Å². The van der Waals surface area contributed by atoms with E-state index >= 15 is 0 Å². The molecule has 5 heteroatoms. The van der Waals surface area contributed by atoms with E-state index in [1.54, 1.807) is 4.90 Å². The summed E-state index contributed by atoms with van der Waals surface area (Å²) in [5.41, 5.74) is 1.95. The van der Waals surface area contributed by atoms with E-state index in [0.717, 1.165) is 24.0 Å². The Kier molecular flexibility index (Phi) is 5.91. The summed E-state index contributed by atoms with van der Waals surface area (Å²) < 4.78 is 12.2. The number of aliphatic hydroxyl groups excluding tert-OH is 2. The second-order valence-electron chi connectivity index (χ2n) is 8.62. The highest BCUT2D eigenvalue weighted by molar-refractivity contribution is 5.30. The van der Waals surface area contributed by atoms with Gasteiger partial charge in [0.1, 0.15) is 12.5 Å². The van der Waals surface area contributed by atoms with Crippen molar-refractivity contribution in [2.45, 2.75) is 78.0 Å². The van der Waals surface area contributed by atoms with Crippen LogP contribution in [-0.4, -0.2) is 53.1 Å². The van der Waals surface area contributed by atoms with Gasteiger partial charge in [0.25, 0.3) is 0 Å². The van der Waals surface area contributed by atoms with Gasteiger partial charge in [0.2, 0.25) is 0 Å². The van der Waals surface area contributed by atoms with Crippen molar-refractivity contribution >= 4 is 0 Å². The van der Waals surface area contributed by atoms with Crippen molar-refractivity contribution in [3.05, 3.63) is 11.1 Å². The van der Waals surface area contributed by atoms with E-state index in [1.807, 2.05) is 0 Å². The molecule has 25 heavy (non-hydrogen) atoms. The minimum atomic E-state index is -0.710. The standard InChI is InChI=1S/C20H35NO4/c1-13(2)16-17(14(3)4)19(23)21(18(16)22)10-15-11-24-20(25-12-15)8-6-5-7-9-20/h13-15,18-19,22-23H,5-12H2,1-4H3. The minimum absolute atomic E-state index is 0.178. The van der Waals surface area contributed by atoms with Gasteiger partial charge >= 0.3 is 0 Å². The fourth-order valence-electron chi connectivity index (χ4n) is 4.66. The highest BCUT2D eigenvalue weighted by Gasteiger charge is 2.44. The van der Waals surface area contributed by atoms with Gasteiger partial charge in [0.15, 0.2) is 5.79 Å². The van der Waals surface area contributed by atoms with E-state index in [4.69, 9.17) is 9.47 Å². The quantitative estimate of drug-likeness (QED) is 0.761. The van der Waals surface area contributed by atoms with E-state index in [-0.39, 0.29) is 23.5 Å². The Morgan fingerprint density at radius 2 is 1.40 bits per heavy atom. The molecule has 3 rings (SSSR count). The first-order valence-electron chi connectivity index (χ1n) is 9.98. The molecule has 1 saturated carbocycles. The first-order valence-corrected chi connectivity index (χ1v) is 9.98. The summed E-state index contributed by atoms with van der Waals surface area (Å²) in [5, 5.41) is 21.6. The number of nitrogens with zero attached hydrogens (tertiary/aromatic N) is 1. The lowest BCUT2D eigenvalue weighted by atomic mass is 9.91. The van der Waals surface area contributed by atoms with E-state index in [9.17, 15) is 10.2 Å². The van der Waals surface area contributed by atoms with Gasteiger partial charge in [-0.05, 0) is 35.8 Å². The molecule has 0 bridgehead atoms. The van der Waals surface area contributed by atoms with E-state index in [0.29, 0.717) is 19.8 Å². The van der Waals surface area contributed by atoms with Gasteiger partial charge in [-0.1, -0.05) is 34.1 Å². The fraction of sp³-hybridized carbons (Fsp3) is 0.900. The number of hydrogen-bond donors (Lipinski definition) is 2. The molecule has 2 fully saturated rings. The molecule has 0 radical (unpaired) electrons. The maximum absolute atomic E-state index is 10.8. The van der Waals surface area contributed by atoms with Crippen molar-refractivity contribution in [3.63, 3.8) is 0 Å². The number of rotatable bonds is 4. The Morgan fingerprint density at radius 1 is 0.920 bits per heavy atom. The molecule has 1 aliphatic carbocycles. The van der Waals surface area contributed by atoms with Crippen molar-refractivity contribution in [3.8, 4) is 0 Å². The number of aliphatic hydroxyl groups is 2. The van der Waals surface area contributed by atoms with Crippen LogP contribution in [0.5, 0.6) is 0 Å². The topological polar surface area (TPSA) is 62.2 Å². The summed E-state index contributed by atoms with van der Waals surface area (Å²) in [6, 6.07) is 0. The van der Waals surface area contributed by atoms with Gasteiger partial charge in [-0.25, -0.2) is 4.90 Å². The monoisotopic (exact) mass is 353 g/mol. The highest BCUT2D eigenvalue weighted by atomic mass is 16.7. The smallest absolute Gasteiger partial charge is 0.168 e. The Hall–Kier alpha value is -0.460. The second-order valence-corrected chi connectivity index (χ2v) is 8.62. The van der Waals surface area contributed by atoms with Crippen LogP contribution in [0.4, 0.5) is 0 Å². The molecule has 1 saturated heterocycles. The van der Waals surface area contributed by atoms with Crippen LogP contribution in [0.25, 0.3) is 0 Å². The Bertz CT molecular complexity index is 462. The van der Waals surface area contributed by atoms with Gasteiger partial charge in [-0.3, -0.25) is 0 Å². The Balaban J connectivity index is 1.62. The number of ether oxygens (including phenoxy) is 2. The number of hydrogen-bond acceptors (Lipinski definition) is 5. The summed E-state index contributed by atoms with van der Waals surface area (Å²) >= 11 is 0. The van der Waals surface area contributed by atoms with Crippen molar-refractivity contribution in [2.24, 2.45) is 17.8 Å². The first-order chi connectivity index (χ1) is 11.8. The molecule has 2 N–H and O–H groups in total. The third kappa shape index (κ3) is 3.81. The van der Waals surface area contributed by atoms with Crippen LogP contribution in [0, 0.1) is 17.8 Å². The predicted molar refractivity (Wildman–Crippen MR) is 96.6 cm³/mol. The molecule has 5 nitrogen and oxygen atoms in total. The molecule has 2 heterocycles. The van der Waals surface area contributed by atoms with Crippen molar-refractivity contribution in [1.29, 1.82) is 0 Å². The summed E-state index contributed by atoms with van der Waals surface area (Å²) in [6.45, 7) is 10.2. The molecule has 2 unspecified atom stereocenters. The molecule has 144 valence electrons. The zero-order valence-electron chi connectivity index (χ0n) is 16.2. The molecule has 2 atom stereocenters. The van der Waals surface area contributed by atoms with Crippen LogP contribution < -0.4 is 0 Å². The zero-order valence-corrected chi connectivity index (χ0v) is 16.2. The van der Waals surface area contributed by atoms with Gasteiger partial charge < -0.3 is 19.7 Å². The molecular weight excluding hydrogens is 318 g/mol. The average Bonchev–Trinajstić information content (AvgIpc) is 2.82. The molecular formula is C20H35NO4. The predicted octanol–water partition coefficient (Wildman–Crippen LogP) is 2.87. The van der Waals surface area contributed by atoms with Gasteiger partial charge in [-0.15, -0.1) is 0 Å². The third-order valence-corrected chi connectivity index (χ3v) is 6.01. The molecule has 0 aromatic carbocycles. The maximum atomic E-state index is 10.8. The van der Waals surface area contributed by atoms with Crippen LogP contribution >= 0.6 is 0 Å². The molecule has 0 aromatic rings. The van der Waals surface area contributed by atoms with Crippen molar-refractivity contribution in [1.82, 2.24) is 4.90 Å². The second kappa shape index (κ2) is 7.65. The summed E-state index contributed by atoms with van der Waals surface area (Å²) in [6.07, 6.45) is 4.18. The fourth-order valence-corrected chi connectivity index (χ4v) is 4.66. The van der Waals surface area contributed by atoms with Gasteiger partial charge in [-0.2, -0.15) is 0 Å². The van der Waals surface area contributed by atoms with Crippen LogP contribution in [0.1, 0.15) is 59.8 Å². The molecule has 2 aliphatic heterocycles. The average molecular weight is 354 g/mol. The van der Waals surface area contributed by atoms with E-state index in [2.05, 4.69) is 27.7 Å². The van der Waals surface area contributed by atoms with Gasteiger partial charge in [0.05, 0.1) is 13.2 Å². The Morgan fingerprint density at radius 3 is 1.84 bits per heavy atom. The molecule has 0 amide bonds. The normalized spacial score (nSPS) is 31.7. The zero-order chi connectivity index (χ0) is 18.2. The lowest BCUT2D eigenvalue weighted by Gasteiger charge is -2.43. The summed E-state index contributed by atoms with van der Waals surface area (Å²) in [7, 11) is 0. The third-order valence-electron chi connectivity index (χ3n) is 6.01. The van der Waals surface area contributed by atoms with E-state index in [1.165, 1.54) is 19.3 Å². The largest absolute Gasteiger partial charge is 0.374 e. The lowest BCUT2D eigenvalue weighted by Crippen LogP contribution is -2.50. The van der Waals surface area contributed by atoms with Crippen LogP contribution in [0.15, 0.2) is 11.1 Å². The maximum Gasteiger partial charge on any atom is 0.168 e. The van der Waals surface area contributed by atoms with Crippen molar-refractivity contribution < 1.29 is 19.7 Å². The van der Waals surface area contributed by atoms with Gasteiger partial charge in [0, 0.05) is 25.3 Å². The van der Waals surface area contributed by atoms with Crippen LogP contribution in [-0.2, 0) is 9.47 Å². The summed E-state index contributed by atoms with van der Waals surface area (Å²) in [4.78, 5) is 1.81. The lowest BCUT2D eigenvalue weighted by molar-refractivity contribution is -0.297. The molecule has 1 spiro atoms. The SMILES string of the molecule is CC(C)C1=C(C(C)C)C(O)N(CC2COC3(CCCCC3)OC2)C1O. The molecule has 3 aliphatic rings. The highest BCUT2D eigenvalue weighted by Crippen LogP contribution is 2.39.